The van der Waals surface area contributed by atoms with E-state index < -0.39 is 0 Å². The molecule has 0 amide bonds. The molecule has 0 aliphatic heterocycles. The third-order valence-corrected chi connectivity index (χ3v) is 5.42. The molecule has 0 N–H and O–H groups in total. The lowest BCUT2D eigenvalue weighted by Gasteiger charge is -2.11. The number of hydrogen-bond acceptors (Lipinski definition) is 5. The summed E-state index contributed by atoms with van der Waals surface area (Å²) in [5.74, 6) is 1.44. The van der Waals surface area contributed by atoms with Gasteiger partial charge in [-0.15, -0.1) is 12.6 Å². The maximum absolute atomic E-state index is 13.6. The molecule has 0 fully saturated rings. The average molecular weight is 342 g/mol. The Labute approximate surface area is 137 Å². The number of methoxy groups -OCH3 is 2. The zero-order valence-electron chi connectivity index (χ0n) is 11.6. The molecule has 6 heteroatoms. The van der Waals surface area contributed by atoms with Gasteiger partial charge in [-0.05, 0) is 18.2 Å². The fraction of sp³-hybridized carbons (Fsp3) is 0.200. The molecule has 0 aliphatic rings. The lowest BCUT2D eigenvalue weighted by Crippen LogP contribution is -1.91. The number of thiol groups is 1. The minimum absolute atomic E-state index is 0.282. The van der Waals surface area contributed by atoms with Crippen LogP contribution in [0.15, 0.2) is 46.2 Å². The summed E-state index contributed by atoms with van der Waals surface area (Å²) < 4.78 is 24.1. The molecule has 0 saturated heterocycles. The van der Waals surface area contributed by atoms with Crippen molar-refractivity contribution in [2.45, 2.75) is 15.5 Å². The van der Waals surface area contributed by atoms with E-state index in [2.05, 4.69) is 12.6 Å². The third-order valence-electron chi connectivity index (χ3n) is 2.78. The number of rotatable bonds is 6. The fourth-order valence-electron chi connectivity index (χ4n) is 1.83. The highest BCUT2D eigenvalue weighted by Crippen LogP contribution is 2.41. The van der Waals surface area contributed by atoms with Crippen LogP contribution < -0.4 is 9.47 Å². The van der Waals surface area contributed by atoms with E-state index in [1.165, 1.54) is 24.0 Å². The van der Waals surface area contributed by atoms with Gasteiger partial charge in [0.15, 0.2) is 11.6 Å². The summed E-state index contributed by atoms with van der Waals surface area (Å²) in [6, 6.07) is 10.7. The lowest BCUT2D eigenvalue weighted by atomic mass is 10.2. The van der Waals surface area contributed by atoms with Crippen LogP contribution >= 0.6 is 34.2 Å². The van der Waals surface area contributed by atoms with E-state index in [4.69, 9.17) is 9.47 Å². The Morgan fingerprint density at radius 1 is 1.05 bits per heavy atom. The standard InChI is InChI=1S/C15H15FO2S3/c1-17-14-10(5-3-7-12(14)19)9-20-21-13-8-4-6-11(16)15(13)18-2/h3-8,19H,9H2,1-2H3. The minimum Gasteiger partial charge on any atom is -0.495 e. The van der Waals surface area contributed by atoms with Gasteiger partial charge in [0.1, 0.15) is 5.75 Å². The minimum atomic E-state index is -0.349. The maximum atomic E-state index is 13.6. The Balaban J connectivity index is 2.06. The largest absolute Gasteiger partial charge is 0.495 e. The molecule has 2 aromatic rings. The van der Waals surface area contributed by atoms with Gasteiger partial charge in [-0.1, -0.05) is 39.8 Å². The number of ether oxygens (including phenoxy) is 2. The first-order valence-corrected chi connectivity index (χ1v) is 8.90. The average Bonchev–Trinajstić information content (AvgIpc) is 2.47. The normalized spacial score (nSPS) is 10.5. The molecule has 0 saturated carbocycles. The molecule has 0 bridgehead atoms. The van der Waals surface area contributed by atoms with Crippen molar-refractivity contribution >= 4 is 34.2 Å². The highest BCUT2D eigenvalue weighted by molar-refractivity contribution is 8.76. The van der Waals surface area contributed by atoms with E-state index in [0.717, 1.165) is 26.9 Å². The Morgan fingerprint density at radius 3 is 2.48 bits per heavy atom. The summed E-state index contributed by atoms with van der Waals surface area (Å²) in [5, 5.41) is 0. The van der Waals surface area contributed by atoms with Crippen LogP contribution in [0.4, 0.5) is 4.39 Å². The molecule has 2 rings (SSSR count). The van der Waals surface area contributed by atoms with E-state index in [-0.39, 0.29) is 11.6 Å². The van der Waals surface area contributed by atoms with Crippen molar-refractivity contribution in [3.05, 3.63) is 47.8 Å². The molecule has 0 aliphatic carbocycles. The second-order valence-corrected chi connectivity index (χ2v) is 6.91. The number of benzene rings is 2. The summed E-state index contributed by atoms with van der Waals surface area (Å²) in [7, 11) is 6.17. The van der Waals surface area contributed by atoms with Crippen molar-refractivity contribution in [3.8, 4) is 11.5 Å². The number of para-hydroxylation sites is 2. The van der Waals surface area contributed by atoms with Crippen molar-refractivity contribution in [1.82, 2.24) is 0 Å². The van der Waals surface area contributed by atoms with Gasteiger partial charge in [-0.25, -0.2) is 4.39 Å². The highest BCUT2D eigenvalue weighted by Gasteiger charge is 2.11. The van der Waals surface area contributed by atoms with E-state index in [9.17, 15) is 4.39 Å². The van der Waals surface area contributed by atoms with Crippen molar-refractivity contribution < 1.29 is 13.9 Å². The van der Waals surface area contributed by atoms with E-state index in [1.54, 1.807) is 24.0 Å². The molecule has 21 heavy (non-hydrogen) atoms. The van der Waals surface area contributed by atoms with Gasteiger partial charge >= 0.3 is 0 Å². The van der Waals surface area contributed by atoms with Crippen molar-refractivity contribution in [2.75, 3.05) is 14.2 Å². The van der Waals surface area contributed by atoms with Gasteiger partial charge in [0, 0.05) is 16.2 Å². The molecule has 0 atom stereocenters. The SMILES string of the molecule is COc1c(S)cccc1CSSc1cccc(F)c1OC. The summed E-state index contributed by atoms with van der Waals surface area (Å²) >= 11 is 4.37. The van der Waals surface area contributed by atoms with Crippen molar-refractivity contribution in [1.29, 1.82) is 0 Å². The van der Waals surface area contributed by atoms with E-state index in [0.29, 0.717) is 0 Å². The smallest absolute Gasteiger partial charge is 0.168 e. The van der Waals surface area contributed by atoms with Crippen LogP contribution in [-0.4, -0.2) is 14.2 Å². The first kappa shape index (κ1) is 16.4. The van der Waals surface area contributed by atoms with Crippen LogP contribution in [0.5, 0.6) is 11.5 Å². The first-order chi connectivity index (χ1) is 10.2. The summed E-state index contributed by atoms with van der Waals surface area (Å²) in [6.07, 6.45) is 0. The second-order valence-electron chi connectivity index (χ2n) is 4.09. The van der Waals surface area contributed by atoms with Gasteiger partial charge in [0.2, 0.25) is 0 Å². The fourth-order valence-corrected chi connectivity index (χ4v) is 4.41. The Bertz CT molecular complexity index is 566. The molecule has 0 spiro atoms. The van der Waals surface area contributed by atoms with Crippen LogP contribution in [0.3, 0.4) is 0 Å². The number of hydrogen-bond donors (Lipinski definition) is 1. The quantitative estimate of drug-likeness (QED) is 0.583. The maximum Gasteiger partial charge on any atom is 0.168 e. The molecule has 112 valence electrons. The van der Waals surface area contributed by atoms with Crippen molar-refractivity contribution in [3.63, 3.8) is 0 Å². The Kier molecular flexibility index (Phi) is 6.14. The van der Waals surface area contributed by atoms with Gasteiger partial charge < -0.3 is 9.47 Å². The topological polar surface area (TPSA) is 18.5 Å². The van der Waals surface area contributed by atoms with Crippen LogP contribution in [0, 0.1) is 5.82 Å². The van der Waals surface area contributed by atoms with Crippen molar-refractivity contribution in [2.24, 2.45) is 0 Å². The van der Waals surface area contributed by atoms with E-state index in [1.807, 2.05) is 24.3 Å². The van der Waals surface area contributed by atoms with Crippen LogP contribution in [0.2, 0.25) is 0 Å². The summed E-state index contributed by atoms with van der Waals surface area (Å²) in [5.41, 5.74) is 1.05. The Hall–Kier alpha value is -0.980. The van der Waals surface area contributed by atoms with E-state index >= 15 is 0 Å². The molecular weight excluding hydrogens is 327 g/mol. The molecule has 0 unspecified atom stereocenters. The summed E-state index contributed by atoms with van der Waals surface area (Å²) in [6.45, 7) is 0. The predicted molar refractivity (Wildman–Crippen MR) is 90.4 cm³/mol. The van der Waals surface area contributed by atoms with Gasteiger partial charge in [-0.3, -0.25) is 0 Å². The molecule has 0 heterocycles. The molecule has 2 aromatic carbocycles. The summed E-state index contributed by atoms with van der Waals surface area (Å²) in [4.78, 5) is 1.58. The predicted octanol–water partition coefficient (Wildman–Crippen LogP) is 5.07. The zero-order valence-corrected chi connectivity index (χ0v) is 14.2. The molecule has 2 nitrogen and oxygen atoms in total. The zero-order chi connectivity index (χ0) is 15.2. The molecule has 0 aromatic heterocycles. The van der Waals surface area contributed by atoms with Gasteiger partial charge in [0.25, 0.3) is 0 Å². The van der Waals surface area contributed by atoms with Gasteiger partial charge in [0.05, 0.1) is 19.1 Å². The van der Waals surface area contributed by atoms with Crippen LogP contribution in [0.1, 0.15) is 5.56 Å². The second kappa shape index (κ2) is 7.87. The monoisotopic (exact) mass is 342 g/mol. The highest BCUT2D eigenvalue weighted by atomic mass is 33.1. The lowest BCUT2D eigenvalue weighted by molar-refractivity contribution is 0.376. The third kappa shape index (κ3) is 4.02. The first-order valence-electron chi connectivity index (χ1n) is 6.14. The Morgan fingerprint density at radius 2 is 1.76 bits per heavy atom. The number of halogens is 1. The van der Waals surface area contributed by atoms with Gasteiger partial charge in [-0.2, -0.15) is 0 Å². The molecule has 0 radical (unpaired) electrons. The van der Waals surface area contributed by atoms with Crippen LogP contribution in [0.25, 0.3) is 0 Å². The molecular formula is C15H15FO2S3. The van der Waals surface area contributed by atoms with Crippen LogP contribution in [-0.2, 0) is 5.75 Å².